The van der Waals surface area contributed by atoms with Crippen molar-refractivity contribution < 1.29 is 9.59 Å². The first-order valence-corrected chi connectivity index (χ1v) is 6.32. The van der Waals surface area contributed by atoms with Crippen LogP contribution in [0.4, 0.5) is 0 Å². The molecular weight excluding hydrogens is 226 g/mol. The summed E-state index contributed by atoms with van der Waals surface area (Å²) >= 11 is 0. The number of piperidine rings is 1. The van der Waals surface area contributed by atoms with E-state index >= 15 is 0 Å². The van der Waals surface area contributed by atoms with Gasteiger partial charge in [-0.2, -0.15) is 0 Å². The maximum absolute atomic E-state index is 12.2. The van der Waals surface area contributed by atoms with Gasteiger partial charge in [-0.15, -0.1) is 0 Å². The third kappa shape index (κ3) is 3.06. The van der Waals surface area contributed by atoms with Gasteiger partial charge in [0.05, 0.1) is 5.57 Å². The number of rotatable bonds is 3. The normalized spacial score (nSPS) is 16.4. The first kappa shape index (κ1) is 12.6. The Morgan fingerprint density at radius 3 is 2.33 bits per heavy atom. The van der Waals surface area contributed by atoms with Crippen LogP contribution in [0, 0.1) is 0 Å². The van der Waals surface area contributed by atoms with E-state index in [-0.39, 0.29) is 11.5 Å². The van der Waals surface area contributed by atoms with Crippen LogP contribution in [-0.2, 0) is 9.59 Å². The molecule has 1 aromatic carbocycles. The van der Waals surface area contributed by atoms with Crippen LogP contribution in [-0.4, -0.2) is 30.2 Å². The summed E-state index contributed by atoms with van der Waals surface area (Å²) in [5.41, 5.74) is 1.12. The first-order chi connectivity index (χ1) is 8.81. The van der Waals surface area contributed by atoms with Crippen LogP contribution in [0.3, 0.4) is 0 Å². The molecule has 3 nitrogen and oxygen atoms in total. The lowest BCUT2D eigenvalue weighted by molar-refractivity contribution is -0.128. The van der Waals surface area contributed by atoms with Gasteiger partial charge >= 0.3 is 0 Å². The summed E-state index contributed by atoms with van der Waals surface area (Å²) < 4.78 is 0. The van der Waals surface area contributed by atoms with E-state index in [1.807, 2.05) is 30.3 Å². The van der Waals surface area contributed by atoms with Crippen molar-refractivity contribution in [3.05, 3.63) is 41.5 Å². The highest BCUT2D eigenvalue weighted by Crippen LogP contribution is 2.13. The van der Waals surface area contributed by atoms with E-state index in [2.05, 4.69) is 0 Å². The topological polar surface area (TPSA) is 37.4 Å². The molecule has 0 aromatic heterocycles. The van der Waals surface area contributed by atoms with Crippen molar-refractivity contribution in [3.63, 3.8) is 0 Å². The van der Waals surface area contributed by atoms with Crippen molar-refractivity contribution in [3.8, 4) is 0 Å². The fourth-order valence-corrected chi connectivity index (χ4v) is 2.15. The molecule has 1 aliphatic heterocycles. The molecule has 0 bridgehead atoms. The smallest absolute Gasteiger partial charge is 0.257 e. The summed E-state index contributed by atoms with van der Waals surface area (Å²) in [5.74, 6) is -0.145. The van der Waals surface area contributed by atoms with Gasteiger partial charge in [0.2, 0.25) is 0 Å². The average Bonchev–Trinajstić information content (AvgIpc) is 2.46. The predicted octanol–water partition coefficient (Wildman–Crippen LogP) is 2.28. The largest absolute Gasteiger partial charge is 0.339 e. The highest BCUT2D eigenvalue weighted by Gasteiger charge is 2.19. The molecule has 1 aliphatic rings. The van der Waals surface area contributed by atoms with Gasteiger partial charge in [0.15, 0.2) is 6.29 Å². The SMILES string of the molecule is O=CC(=Cc1ccccc1)C(=O)N1CCCCC1. The minimum atomic E-state index is -0.145. The van der Waals surface area contributed by atoms with E-state index in [0.29, 0.717) is 6.29 Å². The quantitative estimate of drug-likeness (QED) is 0.353. The Morgan fingerprint density at radius 1 is 1.06 bits per heavy atom. The Labute approximate surface area is 107 Å². The Kier molecular flexibility index (Phi) is 4.29. The summed E-state index contributed by atoms with van der Waals surface area (Å²) in [6.45, 7) is 1.53. The zero-order valence-corrected chi connectivity index (χ0v) is 10.3. The van der Waals surface area contributed by atoms with E-state index in [9.17, 15) is 9.59 Å². The lowest BCUT2D eigenvalue weighted by Crippen LogP contribution is -2.36. The third-order valence-corrected chi connectivity index (χ3v) is 3.14. The number of carbonyl (C=O) groups excluding carboxylic acids is 2. The van der Waals surface area contributed by atoms with Gasteiger partial charge in [0.1, 0.15) is 0 Å². The van der Waals surface area contributed by atoms with Crippen LogP contribution in [0.1, 0.15) is 24.8 Å². The highest BCUT2D eigenvalue weighted by molar-refractivity contribution is 6.14. The minimum absolute atomic E-state index is 0.145. The van der Waals surface area contributed by atoms with Crippen molar-refractivity contribution in [2.24, 2.45) is 0 Å². The molecule has 1 saturated heterocycles. The molecule has 2 rings (SSSR count). The maximum Gasteiger partial charge on any atom is 0.257 e. The van der Waals surface area contributed by atoms with Crippen LogP contribution in [0.5, 0.6) is 0 Å². The van der Waals surface area contributed by atoms with E-state index in [0.717, 1.165) is 31.5 Å². The van der Waals surface area contributed by atoms with Gasteiger partial charge in [-0.05, 0) is 30.9 Å². The van der Waals surface area contributed by atoms with Gasteiger partial charge in [-0.1, -0.05) is 30.3 Å². The van der Waals surface area contributed by atoms with Crippen LogP contribution in [0.25, 0.3) is 6.08 Å². The second-order valence-electron chi connectivity index (χ2n) is 4.48. The number of likely N-dealkylation sites (tertiary alicyclic amines) is 1. The molecule has 0 saturated carbocycles. The number of aldehydes is 1. The van der Waals surface area contributed by atoms with E-state index in [1.54, 1.807) is 11.0 Å². The summed E-state index contributed by atoms with van der Waals surface area (Å²) in [7, 11) is 0. The van der Waals surface area contributed by atoms with Gasteiger partial charge in [0, 0.05) is 13.1 Å². The van der Waals surface area contributed by atoms with Crippen LogP contribution in [0.2, 0.25) is 0 Å². The van der Waals surface area contributed by atoms with Crippen molar-refractivity contribution in [2.75, 3.05) is 13.1 Å². The molecule has 0 spiro atoms. The molecule has 1 aromatic rings. The predicted molar refractivity (Wildman–Crippen MR) is 70.9 cm³/mol. The molecule has 1 amide bonds. The summed E-state index contributed by atoms with van der Waals surface area (Å²) in [5, 5.41) is 0. The zero-order chi connectivity index (χ0) is 12.8. The molecule has 1 fully saturated rings. The molecular formula is C15H17NO2. The molecule has 0 unspecified atom stereocenters. The van der Waals surface area contributed by atoms with Crippen LogP contribution >= 0.6 is 0 Å². The first-order valence-electron chi connectivity index (χ1n) is 6.32. The second kappa shape index (κ2) is 6.15. The lowest BCUT2D eigenvalue weighted by Gasteiger charge is -2.26. The Morgan fingerprint density at radius 2 is 1.72 bits per heavy atom. The fourth-order valence-electron chi connectivity index (χ4n) is 2.15. The standard InChI is InChI=1S/C15H17NO2/c17-12-14(11-13-7-3-1-4-8-13)15(18)16-9-5-2-6-10-16/h1,3-4,7-8,11-12H,2,5-6,9-10H2. The Hall–Kier alpha value is -1.90. The van der Waals surface area contributed by atoms with Crippen molar-refractivity contribution in [1.82, 2.24) is 4.90 Å². The molecule has 94 valence electrons. The summed E-state index contributed by atoms with van der Waals surface area (Å²) in [4.78, 5) is 25.0. The van der Waals surface area contributed by atoms with Crippen molar-refractivity contribution in [1.29, 1.82) is 0 Å². The Balaban J connectivity index is 2.15. The van der Waals surface area contributed by atoms with Crippen LogP contribution in [0.15, 0.2) is 35.9 Å². The summed E-state index contributed by atoms with van der Waals surface area (Å²) in [6, 6.07) is 9.45. The highest BCUT2D eigenvalue weighted by atomic mass is 16.2. The minimum Gasteiger partial charge on any atom is -0.339 e. The summed E-state index contributed by atoms with van der Waals surface area (Å²) in [6.07, 6.45) is 5.54. The average molecular weight is 243 g/mol. The number of hydrogen-bond donors (Lipinski definition) is 0. The van der Waals surface area contributed by atoms with Crippen molar-refractivity contribution >= 4 is 18.3 Å². The molecule has 18 heavy (non-hydrogen) atoms. The molecule has 0 atom stereocenters. The second-order valence-corrected chi connectivity index (χ2v) is 4.48. The number of carbonyl (C=O) groups is 2. The monoisotopic (exact) mass is 243 g/mol. The molecule has 0 aliphatic carbocycles. The van der Waals surface area contributed by atoms with Crippen molar-refractivity contribution in [2.45, 2.75) is 19.3 Å². The van der Waals surface area contributed by atoms with E-state index in [4.69, 9.17) is 0 Å². The van der Waals surface area contributed by atoms with Gasteiger partial charge in [-0.3, -0.25) is 9.59 Å². The zero-order valence-electron chi connectivity index (χ0n) is 10.3. The van der Waals surface area contributed by atoms with E-state index in [1.165, 1.54) is 6.42 Å². The third-order valence-electron chi connectivity index (χ3n) is 3.14. The molecule has 1 heterocycles. The molecule has 3 heteroatoms. The van der Waals surface area contributed by atoms with E-state index < -0.39 is 0 Å². The fraction of sp³-hybridized carbons (Fsp3) is 0.333. The van der Waals surface area contributed by atoms with Gasteiger partial charge < -0.3 is 4.90 Å². The van der Waals surface area contributed by atoms with Gasteiger partial charge in [0.25, 0.3) is 5.91 Å². The number of hydrogen-bond acceptors (Lipinski definition) is 2. The maximum atomic E-state index is 12.2. The van der Waals surface area contributed by atoms with Gasteiger partial charge in [-0.25, -0.2) is 0 Å². The number of benzene rings is 1. The number of nitrogens with zero attached hydrogens (tertiary/aromatic N) is 1. The lowest BCUT2D eigenvalue weighted by atomic mass is 10.1. The number of amides is 1. The molecule has 0 radical (unpaired) electrons. The van der Waals surface area contributed by atoms with Crippen LogP contribution < -0.4 is 0 Å². The molecule has 0 N–H and O–H groups in total. The Bertz CT molecular complexity index is 445.